The van der Waals surface area contributed by atoms with E-state index in [1.165, 1.54) is 0 Å². The second-order valence-corrected chi connectivity index (χ2v) is 6.85. The molecule has 0 aromatic heterocycles. The van der Waals surface area contributed by atoms with Gasteiger partial charge in [0.05, 0.1) is 0 Å². The van der Waals surface area contributed by atoms with Gasteiger partial charge in [0.15, 0.2) is 0 Å². The standard InChI is InChI=1S/C12H20N2O2/c1-10(2)5-11(3,4)7-12(6-10)8(15)13-9(16)14-12/h5-7H2,1-4H3,(H2,13,14,15,16). The van der Waals surface area contributed by atoms with Crippen molar-refractivity contribution < 1.29 is 9.59 Å². The Morgan fingerprint density at radius 2 is 1.44 bits per heavy atom. The van der Waals surface area contributed by atoms with E-state index in [4.69, 9.17) is 0 Å². The van der Waals surface area contributed by atoms with E-state index in [1.807, 2.05) is 0 Å². The number of hydrogen-bond donors (Lipinski definition) is 2. The lowest BCUT2D eigenvalue weighted by molar-refractivity contribution is -0.129. The number of carbonyl (C=O) groups is 2. The Morgan fingerprint density at radius 3 is 1.81 bits per heavy atom. The SMILES string of the molecule is CC1(C)CC(C)(C)CC2(C1)NC(=O)NC2=O. The monoisotopic (exact) mass is 224 g/mol. The highest BCUT2D eigenvalue weighted by Crippen LogP contribution is 2.50. The molecule has 4 heteroatoms. The molecule has 0 radical (unpaired) electrons. The fraction of sp³-hybridized carbons (Fsp3) is 0.833. The molecular weight excluding hydrogens is 204 g/mol. The Morgan fingerprint density at radius 1 is 0.938 bits per heavy atom. The molecule has 3 amide bonds. The van der Waals surface area contributed by atoms with Crippen LogP contribution in [0.25, 0.3) is 0 Å². The first-order valence-corrected chi connectivity index (χ1v) is 5.78. The molecule has 0 unspecified atom stereocenters. The van der Waals surface area contributed by atoms with Crippen molar-refractivity contribution in [3.63, 3.8) is 0 Å². The largest absolute Gasteiger partial charge is 0.323 e. The van der Waals surface area contributed by atoms with Crippen LogP contribution >= 0.6 is 0 Å². The molecule has 16 heavy (non-hydrogen) atoms. The van der Waals surface area contributed by atoms with Crippen molar-refractivity contribution in [2.45, 2.75) is 52.5 Å². The molecule has 2 aliphatic rings. The first kappa shape index (κ1) is 11.4. The molecule has 0 bridgehead atoms. The normalized spacial score (nSPS) is 30.0. The average Bonchev–Trinajstić information content (AvgIpc) is 2.17. The molecule has 90 valence electrons. The van der Waals surface area contributed by atoms with Crippen molar-refractivity contribution in [2.75, 3.05) is 0 Å². The van der Waals surface area contributed by atoms with E-state index in [0.717, 1.165) is 19.3 Å². The van der Waals surface area contributed by atoms with Crippen LogP contribution in [0, 0.1) is 10.8 Å². The van der Waals surface area contributed by atoms with Crippen molar-refractivity contribution in [2.24, 2.45) is 10.8 Å². The molecule has 1 aliphatic heterocycles. The summed E-state index contributed by atoms with van der Waals surface area (Å²) in [7, 11) is 0. The molecular formula is C12H20N2O2. The third-order valence-electron chi connectivity index (χ3n) is 3.53. The highest BCUT2D eigenvalue weighted by atomic mass is 16.2. The first-order chi connectivity index (χ1) is 7.14. The quantitative estimate of drug-likeness (QED) is 0.616. The minimum Gasteiger partial charge on any atom is -0.323 e. The zero-order valence-corrected chi connectivity index (χ0v) is 10.4. The maximum absolute atomic E-state index is 11.9. The lowest BCUT2D eigenvalue weighted by Crippen LogP contribution is -2.56. The second-order valence-electron chi connectivity index (χ2n) is 6.85. The van der Waals surface area contributed by atoms with Gasteiger partial charge in [0.25, 0.3) is 5.91 Å². The summed E-state index contributed by atoms with van der Waals surface area (Å²) in [6.07, 6.45) is 2.52. The van der Waals surface area contributed by atoms with Crippen LogP contribution in [0.2, 0.25) is 0 Å². The van der Waals surface area contributed by atoms with Crippen LogP contribution in [-0.2, 0) is 4.79 Å². The first-order valence-electron chi connectivity index (χ1n) is 5.78. The third kappa shape index (κ3) is 1.81. The molecule has 1 saturated carbocycles. The predicted octanol–water partition coefficient (Wildman–Crippen LogP) is 1.80. The van der Waals surface area contributed by atoms with E-state index < -0.39 is 5.54 Å². The second kappa shape index (κ2) is 2.99. The van der Waals surface area contributed by atoms with Crippen molar-refractivity contribution in [3.8, 4) is 0 Å². The summed E-state index contributed by atoms with van der Waals surface area (Å²) in [5.41, 5.74) is -0.518. The number of urea groups is 1. The van der Waals surface area contributed by atoms with Gasteiger partial charge in [-0.15, -0.1) is 0 Å². The summed E-state index contributed by atoms with van der Waals surface area (Å²) in [5.74, 6) is -0.154. The molecule has 1 saturated heterocycles. The number of nitrogens with one attached hydrogen (secondary N) is 2. The molecule has 1 spiro atoms. The van der Waals surface area contributed by atoms with Crippen molar-refractivity contribution in [1.29, 1.82) is 0 Å². The van der Waals surface area contributed by atoms with Crippen LogP contribution < -0.4 is 10.6 Å². The summed E-state index contributed by atoms with van der Waals surface area (Å²) >= 11 is 0. The molecule has 0 aromatic rings. The molecule has 2 N–H and O–H groups in total. The number of rotatable bonds is 0. The molecule has 4 nitrogen and oxygen atoms in total. The van der Waals surface area contributed by atoms with Crippen LogP contribution in [0.15, 0.2) is 0 Å². The molecule has 2 rings (SSSR count). The van der Waals surface area contributed by atoms with E-state index in [0.29, 0.717) is 0 Å². The third-order valence-corrected chi connectivity index (χ3v) is 3.53. The zero-order chi connectivity index (χ0) is 12.2. The van der Waals surface area contributed by atoms with Gasteiger partial charge in [0.1, 0.15) is 5.54 Å². The van der Waals surface area contributed by atoms with Gasteiger partial charge in [0, 0.05) is 0 Å². The van der Waals surface area contributed by atoms with E-state index in [-0.39, 0.29) is 22.8 Å². The van der Waals surface area contributed by atoms with E-state index in [9.17, 15) is 9.59 Å². The summed E-state index contributed by atoms with van der Waals surface area (Å²) in [4.78, 5) is 23.2. The van der Waals surface area contributed by atoms with Gasteiger partial charge >= 0.3 is 6.03 Å². The summed E-state index contributed by atoms with van der Waals surface area (Å²) in [6, 6.07) is -0.349. The number of hydrogen-bond acceptors (Lipinski definition) is 2. The van der Waals surface area contributed by atoms with E-state index in [2.05, 4.69) is 38.3 Å². The average molecular weight is 224 g/mol. The van der Waals surface area contributed by atoms with Gasteiger partial charge in [-0.1, -0.05) is 27.7 Å². The number of amides is 3. The van der Waals surface area contributed by atoms with Gasteiger partial charge in [-0.05, 0) is 30.1 Å². The van der Waals surface area contributed by atoms with Crippen molar-refractivity contribution >= 4 is 11.9 Å². The van der Waals surface area contributed by atoms with Crippen LogP contribution in [0.1, 0.15) is 47.0 Å². The summed E-state index contributed by atoms with van der Waals surface area (Å²) < 4.78 is 0. The fourth-order valence-corrected chi connectivity index (χ4v) is 3.89. The lowest BCUT2D eigenvalue weighted by atomic mass is 9.58. The molecule has 1 heterocycles. The smallest absolute Gasteiger partial charge is 0.322 e. The highest BCUT2D eigenvalue weighted by Gasteiger charge is 2.55. The minimum atomic E-state index is -0.678. The molecule has 2 fully saturated rings. The number of imide groups is 1. The van der Waals surface area contributed by atoms with E-state index in [1.54, 1.807) is 0 Å². The summed E-state index contributed by atoms with van der Waals surface area (Å²) in [5, 5.41) is 5.19. The van der Waals surface area contributed by atoms with Crippen molar-refractivity contribution in [3.05, 3.63) is 0 Å². The highest BCUT2D eigenvalue weighted by molar-refractivity contribution is 6.07. The predicted molar refractivity (Wildman–Crippen MR) is 60.8 cm³/mol. The summed E-state index contributed by atoms with van der Waals surface area (Å²) in [6.45, 7) is 8.64. The zero-order valence-electron chi connectivity index (χ0n) is 10.4. The minimum absolute atomic E-state index is 0.0801. The van der Waals surface area contributed by atoms with Crippen LogP contribution in [0.4, 0.5) is 4.79 Å². The van der Waals surface area contributed by atoms with Gasteiger partial charge in [-0.2, -0.15) is 0 Å². The van der Waals surface area contributed by atoms with Crippen LogP contribution in [0.3, 0.4) is 0 Å². The van der Waals surface area contributed by atoms with Crippen LogP contribution in [-0.4, -0.2) is 17.5 Å². The van der Waals surface area contributed by atoms with Gasteiger partial charge < -0.3 is 5.32 Å². The molecule has 1 aliphatic carbocycles. The molecule has 0 aromatic carbocycles. The van der Waals surface area contributed by atoms with Gasteiger partial charge in [-0.25, -0.2) is 4.79 Å². The Bertz CT molecular complexity index is 342. The van der Waals surface area contributed by atoms with Crippen LogP contribution in [0.5, 0.6) is 0 Å². The van der Waals surface area contributed by atoms with E-state index >= 15 is 0 Å². The van der Waals surface area contributed by atoms with Crippen molar-refractivity contribution in [1.82, 2.24) is 10.6 Å². The Hall–Kier alpha value is -1.06. The lowest BCUT2D eigenvalue weighted by Gasteiger charge is -2.48. The topological polar surface area (TPSA) is 58.2 Å². The Labute approximate surface area is 96.2 Å². The van der Waals surface area contributed by atoms with Gasteiger partial charge in [0.2, 0.25) is 0 Å². The fourth-order valence-electron chi connectivity index (χ4n) is 3.89. The number of carbonyl (C=O) groups excluding carboxylic acids is 2. The maximum atomic E-state index is 11.9. The van der Waals surface area contributed by atoms with Gasteiger partial charge in [-0.3, -0.25) is 10.1 Å². The maximum Gasteiger partial charge on any atom is 0.322 e. The Kier molecular flexibility index (Phi) is 2.14. The Balaban J connectivity index is 2.35. The molecule has 0 atom stereocenters.